The number of hydrogen-bond donors (Lipinski definition) is 1. The van der Waals surface area contributed by atoms with Crippen molar-refractivity contribution in [2.75, 3.05) is 19.7 Å². The number of ether oxygens (including phenoxy) is 1. The third-order valence-electron chi connectivity index (χ3n) is 2.67. The standard InChI is InChI=1S/C13H29NO/c1-5-7-8-9-10-15-13(12(3)4)11-14-6-2/h12-14H,5-11H2,1-4H3. The van der Waals surface area contributed by atoms with Gasteiger partial charge in [0.15, 0.2) is 0 Å². The summed E-state index contributed by atoms with van der Waals surface area (Å²) in [5.74, 6) is 0.607. The van der Waals surface area contributed by atoms with Crippen molar-refractivity contribution in [1.29, 1.82) is 0 Å². The van der Waals surface area contributed by atoms with Crippen LogP contribution in [-0.2, 0) is 4.74 Å². The van der Waals surface area contributed by atoms with Crippen molar-refractivity contribution >= 4 is 0 Å². The number of likely N-dealkylation sites (N-methyl/N-ethyl adjacent to an activating group) is 1. The minimum atomic E-state index is 0.381. The van der Waals surface area contributed by atoms with Gasteiger partial charge in [-0.15, -0.1) is 0 Å². The van der Waals surface area contributed by atoms with Gasteiger partial charge in [0.25, 0.3) is 0 Å². The van der Waals surface area contributed by atoms with Crippen LogP contribution in [0.5, 0.6) is 0 Å². The second-order valence-corrected chi connectivity index (χ2v) is 4.52. The lowest BCUT2D eigenvalue weighted by atomic mass is 10.1. The Morgan fingerprint density at radius 2 is 1.80 bits per heavy atom. The Hall–Kier alpha value is -0.0800. The van der Waals surface area contributed by atoms with Gasteiger partial charge in [0, 0.05) is 13.2 Å². The summed E-state index contributed by atoms with van der Waals surface area (Å²) in [7, 11) is 0. The zero-order valence-electron chi connectivity index (χ0n) is 11.0. The molecule has 0 radical (unpaired) electrons. The number of rotatable bonds is 10. The van der Waals surface area contributed by atoms with Gasteiger partial charge in [0.2, 0.25) is 0 Å². The Morgan fingerprint density at radius 3 is 2.33 bits per heavy atom. The van der Waals surface area contributed by atoms with Crippen LogP contribution in [-0.4, -0.2) is 25.8 Å². The van der Waals surface area contributed by atoms with Crippen molar-refractivity contribution in [3.63, 3.8) is 0 Å². The van der Waals surface area contributed by atoms with E-state index in [0.29, 0.717) is 12.0 Å². The quantitative estimate of drug-likeness (QED) is 0.565. The molecule has 0 rings (SSSR count). The topological polar surface area (TPSA) is 21.3 Å². The lowest BCUT2D eigenvalue weighted by molar-refractivity contribution is 0.0211. The summed E-state index contributed by atoms with van der Waals surface area (Å²) in [5.41, 5.74) is 0. The van der Waals surface area contributed by atoms with Gasteiger partial charge < -0.3 is 10.1 Å². The highest BCUT2D eigenvalue weighted by Gasteiger charge is 2.12. The molecule has 2 heteroatoms. The summed E-state index contributed by atoms with van der Waals surface area (Å²) in [6.45, 7) is 11.8. The molecule has 2 nitrogen and oxygen atoms in total. The molecule has 92 valence electrons. The maximum Gasteiger partial charge on any atom is 0.0722 e. The summed E-state index contributed by atoms with van der Waals surface area (Å²) < 4.78 is 5.89. The number of nitrogens with one attached hydrogen (secondary N) is 1. The van der Waals surface area contributed by atoms with Crippen molar-refractivity contribution in [1.82, 2.24) is 5.32 Å². The highest BCUT2D eigenvalue weighted by molar-refractivity contribution is 4.65. The van der Waals surface area contributed by atoms with E-state index >= 15 is 0 Å². The molecular weight excluding hydrogens is 186 g/mol. The van der Waals surface area contributed by atoms with E-state index in [9.17, 15) is 0 Å². The first-order valence-corrected chi connectivity index (χ1v) is 6.54. The smallest absolute Gasteiger partial charge is 0.0722 e. The second kappa shape index (κ2) is 10.4. The lowest BCUT2D eigenvalue weighted by Crippen LogP contribution is -2.33. The van der Waals surface area contributed by atoms with Crippen LogP contribution in [0.15, 0.2) is 0 Å². The maximum absolute atomic E-state index is 5.89. The average molecular weight is 215 g/mol. The van der Waals surface area contributed by atoms with Crippen molar-refractivity contribution < 1.29 is 4.74 Å². The van der Waals surface area contributed by atoms with Gasteiger partial charge in [-0.1, -0.05) is 47.0 Å². The normalized spacial score (nSPS) is 13.4. The first kappa shape index (κ1) is 14.9. The summed E-state index contributed by atoms with van der Waals surface area (Å²) in [6, 6.07) is 0. The monoisotopic (exact) mass is 215 g/mol. The van der Waals surface area contributed by atoms with Crippen LogP contribution in [0.2, 0.25) is 0 Å². The van der Waals surface area contributed by atoms with Crippen LogP contribution in [0.1, 0.15) is 53.4 Å². The van der Waals surface area contributed by atoms with Crippen molar-refractivity contribution in [2.45, 2.75) is 59.5 Å². The van der Waals surface area contributed by atoms with Gasteiger partial charge >= 0.3 is 0 Å². The summed E-state index contributed by atoms with van der Waals surface area (Å²) in [5, 5.41) is 3.36. The Morgan fingerprint density at radius 1 is 1.07 bits per heavy atom. The van der Waals surface area contributed by atoms with Crippen molar-refractivity contribution in [3.8, 4) is 0 Å². The molecule has 0 aromatic carbocycles. The molecule has 0 saturated heterocycles. The van der Waals surface area contributed by atoms with E-state index in [0.717, 1.165) is 19.7 Å². The van der Waals surface area contributed by atoms with E-state index in [1.807, 2.05) is 0 Å². The fourth-order valence-electron chi connectivity index (χ4n) is 1.54. The lowest BCUT2D eigenvalue weighted by Gasteiger charge is -2.21. The molecule has 1 N–H and O–H groups in total. The molecule has 15 heavy (non-hydrogen) atoms. The molecule has 0 saturated carbocycles. The summed E-state index contributed by atoms with van der Waals surface area (Å²) in [4.78, 5) is 0. The van der Waals surface area contributed by atoms with Gasteiger partial charge in [-0.05, 0) is 18.9 Å². The zero-order chi connectivity index (χ0) is 11.5. The third-order valence-corrected chi connectivity index (χ3v) is 2.67. The first-order valence-electron chi connectivity index (χ1n) is 6.54. The van der Waals surface area contributed by atoms with E-state index in [1.54, 1.807) is 0 Å². The molecule has 1 unspecified atom stereocenters. The zero-order valence-corrected chi connectivity index (χ0v) is 11.0. The van der Waals surface area contributed by atoms with Crippen LogP contribution in [0.25, 0.3) is 0 Å². The van der Waals surface area contributed by atoms with E-state index in [1.165, 1.54) is 25.7 Å². The van der Waals surface area contributed by atoms with Crippen LogP contribution in [0.4, 0.5) is 0 Å². The molecule has 0 bridgehead atoms. The predicted octanol–water partition coefficient (Wildman–Crippen LogP) is 3.22. The van der Waals surface area contributed by atoms with Crippen LogP contribution in [0, 0.1) is 5.92 Å². The maximum atomic E-state index is 5.89. The fraction of sp³-hybridized carbons (Fsp3) is 1.00. The van der Waals surface area contributed by atoms with Crippen molar-refractivity contribution in [2.24, 2.45) is 5.92 Å². The first-order chi connectivity index (χ1) is 7.22. The Labute approximate surface area is 95.8 Å². The molecule has 0 aliphatic carbocycles. The van der Waals surface area contributed by atoms with Crippen LogP contribution in [0.3, 0.4) is 0 Å². The Balaban J connectivity index is 3.48. The van der Waals surface area contributed by atoms with Gasteiger partial charge in [-0.3, -0.25) is 0 Å². The Kier molecular flexibility index (Phi) is 10.4. The molecule has 0 aliphatic rings. The largest absolute Gasteiger partial charge is 0.377 e. The minimum absolute atomic E-state index is 0.381. The molecule has 0 fully saturated rings. The predicted molar refractivity (Wildman–Crippen MR) is 67.3 cm³/mol. The van der Waals surface area contributed by atoms with E-state index in [-0.39, 0.29) is 0 Å². The average Bonchev–Trinajstić information content (AvgIpc) is 2.21. The van der Waals surface area contributed by atoms with E-state index < -0.39 is 0 Å². The third kappa shape index (κ3) is 8.88. The highest BCUT2D eigenvalue weighted by atomic mass is 16.5. The van der Waals surface area contributed by atoms with Gasteiger partial charge in [0.1, 0.15) is 0 Å². The number of hydrogen-bond acceptors (Lipinski definition) is 2. The molecular formula is C13H29NO. The Bertz CT molecular complexity index is 126. The highest BCUT2D eigenvalue weighted by Crippen LogP contribution is 2.07. The molecule has 0 amide bonds. The fourth-order valence-corrected chi connectivity index (χ4v) is 1.54. The van der Waals surface area contributed by atoms with Gasteiger partial charge in [0.05, 0.1) is 6.10 Å². The molecule has 0 aromatic rings. The SMILES string of the molecule is CCCCCCOC(CNCC)C(C)C. The van der Waals surface area contributed by atoms with Crippen LogP contribution >= 0.6 is 0 Å². The molecule has 0 aliphatic heterocycles. The van der Waals surface area contributed by atoms with Gasteiger partial charge in [-0.2, -0.15) is 0 Å². The second-order valence-electron chi connectivity index (χ2n) is 4.52. The van der Waals surface area contributed by atoms with Crippen LogP contribution < -0.4 is 5.32 Å². The molecule has 0 spiro atoms. The van der Waals surface area contributed by atoms with E-state index in [4.69, 9.17) is 4.74 Å². The van der Waals surface area contributed by atoms with E-state index in [2.05, 4.69) is 33.0 Å². The summed E-state index contributed by atoms with van der Waals surface area (Å²) in [6.07, 6.45) is 5.53. The molecule has 1 atom stereocenters. The van der Waals surface area contributed by atoms with Crippen molar-refractivity contribution in [3.05, 3.63) is 0 Å². The summed E-state index contributed by atoms with van der Waals surface area (Å²) >= 11 is 0. The van der Waals surface area contributed by atoms with Gasteiger partial charge in [-0.25, -0.2) is 0 Å². The number of unbranched alkanes of at least 4 members (excludes halogenated alkanes) is 3. The molecule has 0 heterocycles. The minimum Gasteiger partial charge on any atom is -0.377 e. The molecule has 0 aromatic heterocycles.